The average molecular weight is 262 g/mol. The van der Waals surface area contributed by atoms with Gasteiger partial charge in [0.05, 0.1) is 13.2 Å². The first kappa shape index (κ1) is 13.9. The van der Waals surface area contributed by atoms with Gasteiger partial charge in [0, 0.05) is 18.3 Å². The third-order valence-corrected chi connectivity index (χ3v) is 3.43. The molecule has 0 aliphatic carbocycles. The molecule has 1 fully saturated rings. The SMILES string of the molecule is COc1ccc(N2CCC(NC(C)C)C2=O)cc1C. The molecule has 0 saturated carbocycles. The van der Waals surface area contributed by atoms with Gasteiger partial charge in [0.25, 0.3) is 0 Å². The van der Waals surface area contributed by atoms with E-state index in [1.54, 1.807) is 7.11 Å². The molecule has 4 nitrogen and oxygen atoms in total. The minimum absolute atomic E-state index is 0.0533. The van der Waals surface area contributed by atoms with Crippen LogP contribution in [0.2, 0.25) is 0 Å². The maximum Gasteiger partial charge on any atom is 0.244 e. The van der Waals surface area contributed by atoms with Crippen LogP contribution in [-0.2, 0) is 4.79 Å². The Bertz CT molecular complexity index is 471. The lowest BCUT2D eigenvalue weighted by atomic mass is 10.2. The fourth-order valence-corrected chi connectivity index (χ4v) is 2.52. The summed E-state index contributed by atoms with van der Waals surface area (Å²) in [7, 11) is 1.66. The number of methoxy groups -OCH3 is 1. The summed E-state index contributed by atoms with van der Waals surface area (Å²) in [4.78, 5) is 14.2. The second kappa shape index (κ2) is 5.61. The molecule has 0 spiro atoms. The van der Waals surface area contributed by atoms with Gasteiger partial charge in [-0.2, -0.15) is 0 Å². The Morgan fingerprint density at radius 1 is 1.42 bits per heavy atom. The number of hydrogen-bond donors (Lipinski definition) is 1. The molecule has 4 heteroatoms. The number of amides is 1. The Balaban J connectivity index is 2.15. The zero-order valence-corrected chi connectivity index (χ0v) is 12.1. The van der Waals surface area contributed by atoms with Crippen molar-refractivity contribution in [3.63, 3.8) is 0 Å². The van der Waals surface area contributed by atoms with Crippen molar-refractivity contribution in [2.24, 2.45) is 0 Å². The van der Waals surface area contributed by atoms with Crippen LogP contribution in [0.3, 0.4) is 0 Å². The molecule has 19 heavy (non-hydrogen) atoms. The lowest BCUT2D eigenvalue weighted by Crippen LogP contribution is -2.41. The first-order valence-corrected chi connectivity index (χ1v) is 6.75. The van der Waals surface area contributed by atoms with Crippen molar-refractivity contribution in [3.8, 4) is 5.75 Å². The highest BCUT2D eigenvalue weighted by Crippen LogP contribution is 2.27. The van der Waals surface area contributed by atoms with E-state index < -0.39 is 0 Å². The highest BCUT2D eigenvalue weighted by molar-refractivity contribution is 5.99. The maximum absolute atomic E-state index is 12.3. The molecule has 1 aromatic carbocycles. The van der Waals surface area contributed by atoms with Crippen LogP contribution in [0, 0.1) is 6.92 Å². The summed E-state index contributed by atoms with van der Waals surface area (Å²) in [6.07, 6.45) is 0.863. The Labute approximate surface area is 114 Å². The molecule has 1 saturated heterocycles. The van der Waals surface area contributed by atoms with Gasteiger partial charge < -0.3 is 15.0 Å². The largest absolute Gasteiger partial charge is 0.496 e. The number of anilines is 1. The molecule has 1 aromatic rings. The van der Waals surface area contributed by atoms with Crippen LogP contribution >= 0.6 is 0 Å². The van der Waals surface area contributed by atoms with E-state index in [4.69, 9.17) is 4.74 Å². The molecule has 1 unspecified atom stereocenters. The molecule has 1 heterocycles. The fourth-order valence-electron chi connectivity index (χ4n) is 2.52. The summed E-state index contributed by atoms with van der Waals surface area (Å²) < 4.78 is 5.25. The van der Waals surface area contributed by atoms with Crippen LogP contribution < -0.4 is 15.0 Å². The second-order valence-electron chi connectivity index (χ2n) is 5.31. The normalized spacial score (nSPS) is 19.3. The third kappa shape index (κ3) is 2.89. The summed E-state index contributed by atoms with van der Waals surface area (Å²) in [5.74, 6) is 1.02. The topological polar surface area (TPSA) is 41.6 Å². The zero-order chi connectivity index (χ0) is 14.0. The molecular formula is C15H22N2O2. The summed E-state index contributed by atoms with van der Waals surface area (Å²) in [5.41, 5.74) is 2.00. The lowest BCUT2D eigenvalue weighted by molar-refractivity contribution is -0.118. The van der Waals surface area contributed by atoms with Crippen LogP contribution in [0.25, 0.3) is 0 Å². The predicted molar refractivity (Wildman–Crippen MR) is 76.8 cm³/mol. The number of nitrogens with zero attached hydrogens (tertiary/aromatic N) is 1. The Kier molecular flexibility index (Phi) is 4.10. The van der Waals surface area contributed by atoms with Crippen LogP contribution in [0.5, 0.6) is 5.75 Å². The summed E-state index contributed by atoms with van der Waals surface area (Å²) >= 11 is 0. The second-order valence-corrected chi connectivity index (χ2v) is 5.31. The molecule has 1 aliphatic rings. The van der Waals surface area contributed by atoms with Gasteiger partial charge in [-0.25, -0.2) is 0 Å². The van der Waals surface area contributed by atoms with Crippen molar-refractivity contribution in [2.45, 2.75) is 39.3 Å². The highest BCUT2D eigenvalue weighted by atomic mass is 16.5. The van der Waals surface area contributed by atoms with Crippen LogP contribution in [0.4, 0.5) is 5.69 Å². The molecule has 0 bridgehead atoms. The number of ether oxygens (including phenoxy) is 1. The molecule has 0 radical (unpaired) electrons. The highest BCUT2D eigenvalue weighted by Gasteiger charge is 2.32. The molecular weight excluding hydrogens is 240 g/mol. The van der Waals surface area contributed by atoms with Gasteiger partial charge >= 0.3 is 0 Å². The Morgan fingerprint density at radius 2 is 2.16 bits per heavy atom. The first-order chi connectivity index (χ1) is 9.02. The molecule has 1 aliphatic heterocycles. The van der Waals surface area contributed by atoms with Crippen LogP contribution in [0.1, 0.15) is 25.8 Å². The zero-order valence-electron chi connectivity index (χ0n) is 12.1. The first-order valence-electron chi connectivity index (χ1n) is 6.75. The Morgan fingerprint density at radius 3 is 2.74 bits per heavy atom. The van der Waals surface area contributed by atoms with Gasteiger partial charge in [0.1, 0.15) is 5.75 Å². The van der Waals surface area contributed by atoms with Gasteiger partial charge in [-0.1, -0.05) is 13.8 Å². The van der Waals surface area contributed by atoms with Crippen molar-refractivity contribution in [3.05, 3.63) is 23.8 Å². The van der Waals surface area contributed by atoms with Crippen molar-refractivity contribution in [1.29, 1.82) is 0 Å². The van der Waals surface area contributed by atoms with Crippen molar-refractivity contribution in [2.75, 3.05) is 18.6 Å². The Hall–Kier alpha value is -1.55. The van der Waals surface area contributed by atoms with Crippen molar-refractivity contribution >= 4 is 11.6 Å². The van der Waals surface area contributed by atoms with Crippen molar-refractivity contribution < 1.29 is 9.53 Å². The number of benzene rings is 1. The van der Waals surface area contributed by atoms with E-state index in [2.05, 4.69) is 19.2 Å². The quantitative estimate of drug-likeness (QED) is 0.903. The van der Waals surface area contributed by atoms with Crippen LogP contribution in [0.15, 0.2) is 18.2 Å². The fraction of sp³-hybridized carbons (Fsp3) is 0.533. The summed E-state index contributed by atoms with van der Waals surface area (Å²) in [6.45, 7) is 6.89. The monoisotopic (exact) mass is 262 g/mol. The number of carbonyl (C=O) groups excluding carboxylic acids is 1. The number of nitrogens with one attached hydrogen (secondary N) is 1. The third-order valence-electron chi connectivity index (χ3n) is 3.43. The lowest BCUT2D eigenvalue weighted by Gasteiger charge is -2.19. The standard InChI is InChI=1S/C15H22N2O2/c1-10(2)16-13-7-8-17(15(13)18)12-5-6-14(19-4)11(3)9-12/h5-6,9-10,13,16H,7-8H2,1-4H3. The number of aryl methyl sites for hydroxylation is 1. The van der Waals surface area contributed by atoms with E-state index in [0.29, 0.717) is 6.04 Å². The van der Waals surface area contributed by atoms with E-state index in [-0.39, 0.29) is 11.9 Å². The molecule has 2 rings (SSSR count). The van der Waals surface area contributed by atoms with E-state index >= 15 is 0 Å². The molecule has 1 atom stereocenters. The van der Waals surface area contributed by atoms with Gasteiger partial charge in [0.2, 0.25) is 5.91 Å². The summed E-state index contributed by atoms with van der Waals surface area (Å²) in [5, 5.41) is 3.31. The average Bonchev–Trinajstić information content (AvgIpc) is 2.70. The van der Waals surface area contributed by atoms with E-state index in [9.17, 15) is 4.79 Å². The minimum Gasteiger partial charge on any atom is -0.496 e. The van der Waals surface area contributed by atoms with Crippen molar-refractivity contribution in [1.82, 2.24) is 5.32 Å². The van der Waals surface area contributed by atoms with E-state index in [1.807, 2.05) is 30.0 Å². The minimum atomic E-state index is -0.0533. The summed E-state index contributed by atoms with van der Waals surface area (Å²) in [6, 6.07) is 6.14. The predicted octanol–water partition coefficient (Wildman–Crippen LogP) is 2.11. The van der Waals surface area contributed by atoms with Gasteiger partial charge in [-0.15, -0.1) is 0 Å². The van der Waals surface area contributed by atoms with E-state index in [0.717, 1.165) is 30.0 Å². The molecule has 0 aromatic heterocycles. The van der Waals surface area contributed by atoms with E-state index in [1.165, 1.54) is 0 Å². The maximum atomic E-state index is 12.3. The van der Waals surface area contributed by atoms with Gasteiger partial charge in [-0.3, -0.25) is 4.79 Å². The van der Waals surface area contributed by atoms with Crippen LogP contribution in [-0.4, -0.2) is 31.6 Å². The number of carbonyl (C=O) groups is 1. The number of hydrogen-bond acceptors (Lipinski definition) is 3. The smallest absolute Gasteiger partial charge is 0.244 e. The molecule has 1 amide bonds. The number of rotatable bonds is 4. The van der Waals surface area contributed by atoms with Gasteiger partial charge in [-0.05, 0) is 37.1 Å². The molecule has 1 N–H and O–H groups in total. The van der Waals surface area contributed by atoms with Gasteiger partial charge in [0.15, 0.2) is 0 Å². The molecule has 104 valence electrons.